The molecule has 0 unspecified atom stereocenters. The Balaban J connectivity index is 2.95. The number of benzene rings is 1. The van der Waals surface area contributed by atoms with Crippen molar-refractivity contribution in [1.82, 2.24) is 0 Å². The van der Waals surface area contributed by atoms with Crippen LogP contribution in [0.1, 0.15) is 19.4 Å². The number of nitrogens with zero attached hydrogens (tertiary/aromatic N) is 1. The van der Waals surface area contributed by atoms with Gasteiger partial charge in [0.25, 0.3) is 0 Å². The molecule has 1 rings (SSSR count). The summed E-state index contributed by atoms with van der Waals surface area (Å²) >= 11 is 0. The van der Waals surface area contributed by atoms with Gasteiger partial charge in [0.15, 0.2) is 0 Å². The van der Waals surface area contributed by atoms with E-state index in [1.54, 1.807) is 19.2 Å². The van der Waals surface area contributed by atoms with Crippen molar-refractivity contribution in [2.75, 3.05) is 31.7 Å². The van der Waals surface area contributed by atoms with Crippen LogP contribution in [0.2, 0.25) is 0 Å². The summed E-state index contributed by atoms with van der Waals surface area (Å²) in [7, 11) is 1.67. The predicted octanol–water partition coefficient (Wildman–Crippen LogP) is 2.19. The summed E-state index contributed by atoms with van der Waals surface area (Å²) in [5, 5.41) is 0. The van der Waals surface area contributed by atoms with Crippen molar-refractivity contribution in [2.24, 2.45) is 5.73 Å². The second-order valence-electron chi connectivity index (χ2n) is 4.64. The van der Waals surface area contributed by atoms with Crippen LogP contribution in [0.3, 0.4) is 0 Å². The van der Waals surface area contributed by atoms with E-state index in [2.05, 4.69) is 18.7 Å². The van der Waals surface area contributed by atoms with E-state index in [4.69, 9.17) is 10.5 Å². The lowest BCUT2D eigenvalue weighted by Gasteiger charge is -2.29. The Morgan fingerprint density at radius 3 is 2.61 bits per heavy atom. The highest BCUT2D eigenvalue weighted by Gasteiger charge is 2.12. The highest BCUT2D eigenvalue weighted by molar-refractivity contribution is 5.50. The molecule has 0 aliphatic rings. The summed E-state index contributed by atoms with van der Waals surface area (Å²) in [5.74, 6) is -0.209. The van der Waals surface area contributed by atoms with E-state index in [9.17, 15) is 4.39 Å². The monoisotopic (exact) mass is 254 g/mol. The third-order valence-electron chi connectivity index (χ3n) is 2.87. The molecule has 0 heterocycles. The van der Waals surface area contributed by atoms with E-state index in [0.29, 0.717) is 25.6 Å². The third-order valence-corrected chi connectivity index (χ3v) is 2.87. The smallest absolute Gasteiger partial charge is 0.125 e. The Morgan fingerprint density at radius 2 is 2.06 bits per heavy atom. The zero-order chi connectivity index (χ0) is 13.5. The Labute approximate surface area is 109 Å². The minimum absolute atomic E-state index is 0.209. The van der Waals surface area contributed by atoms with Gasteiger partial charge in [-0.15, -0.1) is 0 Å². The van der Waals surface area contributed by atoms with Crippen LogP contribution in [0.4, 0.5) is 10.1 Å². The lowest BCUT2D eigenvalue weighted by molar-refractivity contribution is 0.204. The van der Waals surface area contributed by atoms with Gasteiger partial charge in [0.1, 0.15) is 5.82 Å². The van der Waals surface area contributed by atoms with Gasteiger partial charge in [-0.05, 0) is 50.6 Å². The lowest BCUT2D eigenvalue weighted by atomic mass is 10.1. The number of hydrogen-bond acceptors (Lipinski definition) is 3. The van der Waals surface area contributed by atoms with Crippen molar-refractivity contribution >= 4 is 5.69 Å². The van der Waals surface area contributed by atoms with E-state index in [1.165, 1.54) is 0 Å². The van der Waals surface area contributed by atoms with E-state index in [0.717, 1.165) is 17.8 Å². The van der Waals surface area contributed by atoms with Gasteiger partial charge in [-0.2, -0.15) is 0 Å². The maximum atomic E-state index is 13.6. The number of anilines is 1. The van der Waals surface area contributed by atoms with Crippen LogP contribution in [0.5, 0.6) is 0 Å². The van der Waals surface area contributed by atoms with Crippen molar-refractivity contribution in [2.45, 2.75) is 26.3 Å². The third kappa shape index (κ3) is 4.27. The molecule has 2 N–H and O–H groups in total. The summed E-state index contributed by atoms with van der Waals surface area (Å²) in [6.07, 6.45) is 0.695. The Kier molecular flexibility index (Phi) is 6.09. The van der Waals surface area contributed by atoms with Crippen LogP contribution in [0, 0.1) is 5.82 Å². The first-order valence-corrected chi connectivity index (χ1v) is 6.33. The van der Waals surface area contributed by atoms with Crippen molar-refractivity contribution in [1.29, 1.82) is 0 Å². The zero-order valence-electron chi connectivity index (χ0n) is 11.4. The second kappa shape index (κ2) is 7.34. The second-order valence-corrected chi connectivity index (χ2v) is 4.64. The van der Waals surface area contributed by atoms with Crippen LogP contribution in [0.25, 0.3) is 0 Å². The molecule has 4 heteroatoms. The topological polar surface area (TPSA) is 38.5 Å². The number of hydrogen-bond donors (Lipinski definition) is 1. The average Bonchev–Trinajstić information content (AvgIpc) is 2.28. The van der Waals surface area contributed by atoms with E-state index in [-0.39, 0.29) is 5.82 Å². The summed E-state index contributed by atoms with van der Waals surface area (Å²) in [4.78, 5) is 2.13. The predicted molar refractivity (Wildman–Crippen MR) is 73.5 cm³/mol. The zero-order valence-corrected chi connectivity index (χ0v) is 11.4. The van der Waals surface area contributed by atoms with Crippen LogP contribution in [0.15, 0.2) is 18.2 Å². The molecular weight excluding hydrogens is 231 g/mol. The van der Waals surface area contributed by atoms with Gasteiger partial charge in [-0.3, -0.25) is 0 Å². The largest absolute Gasteiger partial charge is 0.383 e. The Bertz CT molecular complexity index is 369. The van der Waals surface area contributed by atoms with E-state index < -0.39 is 0 Å². The quantitative estimate of drug-likeness (QED) is 0.810. The Hall–Kier alpha value is -1.13. The van der Waals surface area contributed by atoms with Gasteiger partial charge in [-0.1, -0.05) is 0 Å². The molecule has 0 aromatic heterocycles. The van der Waals surface area contributed by atoms with Crippen molar-refractivity contribution < 1.29 is 9.13 Å². The molecule has 0 saturated carbocycles. The fourth-order valence-corrected chi connectivity index (χ4v) is 1.99. The molecular formula is C14H23FN2O. The maximum Gasteiger partial charge on any atom is 0.125 e. The Morgan fingerprint density at radius 1 is 1.33 bits per heavy atom. The van der Waals surface area contributed by atoms with Crippen LogP contribution < -0.4 is 10.6 Å². The van der Waals surface area contributed by atoms with Crippen LogP contribution >= 0.6 is 0 Å². The molecule has 1 aromatic carbocycles. The number of nitrogens with two attached hydrogens (primary N) is 1. The molecule has 0 aliphatic heterocycles. The average molecular weight is 254 g/mol. The molecule has 0 spiro atoms. The number of rotatable bonds is 7. The fraction of sp³-hybridized carbons (Fsp3) is 0.571. The fourth-order valence-electron chi connectivity index (χ4n) is 1.99. The van der Waals surface area contributed by atoms with Gasteiger partial charge in [-0.25, -0.2) is 4.39 Å². The molecule has 0 fully saturated rings. The van der Waals surface area contributed by atoms with Gasteiger partial charge in [0.2, 0.25) is 0 Å². The van der Waals surface area contributed by atoms with Crippen molar-refractivity contribution in [3.8, 4) is 0 Å². The molecule has 102 valence electrons. The molecule has 0 radical (unpaired) electrons. The first kappa shape index (κ1) is 14.9. The summed E-state index contributed by atoms with van der Waals surface area (Å²) in [5.41, 5.74) is 7.36. The van der Waals surface area contributed by atoms with E-state index >= 15 is 0 Å². The first-order chi connectivity index (χ1) is 8.58. The lowest BCUT2D eigenvalue weighted by Crippen LogP contribution is -2.34. The summed E-state index contributed by atoms with van der Waals surface area (Å²) in [6.45, 7) is 6.08. The number of halogens is 1. The van der Waals surface area contributed by atoms with Crippen molar-refractivity contribution in [3.05, 3.63) is 29.6 Å². The molecule has 0 aliphatic carbocycles. The number of methoxy groups -OCH3 is 1. The normalized spacial score (nSPS) is 11.0. The first-order valence-electron chi connectivity index (χ1n) is 6.33. The van der Waals surface area contributed by atoms with Gasteiger partial charge in [0, 0.05) is 25.4 Å². The SMILES string of the molecule is COCCN(c1cc(F)cc(CCN)c1)C(C)C. The minimum atomic E-state index is -0.209. The molecule has 3 nitrogen and oxygen atoms in total. The van der Waals surface area contributed by atoms with E-state index in [1.807, 2.05) is 6.07 Å². The highest BCUT2D eigenvalue weighted by atomic mass is 19.1. The summed E-state index contributed by atoms with van der Waals surface area (Å²) < 4.78 is 18.7. The molecule has 0 amide bonds. The van der Waals surface area contributed by atoms with Crippen LogP contribution in [-0.4, -0.2) is 32.8 Å². The molecule has 1 aromatic rings. The minimum Gasteiger partial charge on any atom is -0.383 e. The van der Waals surface area contributed by atoms with Gasteiger partial charge < -0.3 is 15.4 Å². The molecule has 0 atom stereocenters. The molecule has 0 bridgehead atoms. The van der Waals surface area contributed by atoms with Crippen LogP contribution in [-0.2, 0) is 11.2 Å². The van der Waals surface area contributed by atoms with Gasteiger partial charge in [0.05, 0.1) is 6.61 Å². The van der Waals surface area contributed by atoms with Crippen molar-refractivity contribution in [3.63, 3.8) is 0 Å². The highest BCUT2D eigenvalue weighted by Crippen LogP contribution is 2.21. The molecule has 0 saturated heterocycles. The number of ether oxygens (including phenoxy) is 1. The summed E-state index contributed by atoms with van der Waals surface area (Å²) in [6, 6.07) is 5.42. The standard InChI is InChI=1S/C14H23FN2O/c1-11(2)17(6-7-18-3)14-9-12(4-5-16)8-13(15)10-14/h8-11H,4-7,16H2,1-3H3. The molecule has 18 heavy (non-hydrogen) atoms. The van der Waals surface area contributed by atoms with Gasteiger partial charge >= 0.3 is 0 Å². The maximum absolute atomic E-state index is 13.6.